The van der Waals surface area contributed by atoms with Gasteiger partial charge >= 0.3 is 0 Å². The van der Waals surface area contributed by atoms with Crippen LogP contribution in [0.1, 0.15) is 18.4 Å². The van der Waals surface area contributed by atoms with Crippen LogP contribution in [0.25, 0.3) is 0 Å². The number of carbonyl (C=O) groups is 1. The average Bonchev–Trinajstić information content (AvgIpc) is 2.76. The fourth-order valence-corrected chi connectivity index (χ4v) is 4.58. The SMILES string of the molecule is O=C(C1CCN(Cc2ccc(Br)cc2)CC1)N1CCN(c2ccccc2F)CC1. The molecule has 0 aliphatic carbocycles. The molecular weight excluding hydrogens is 433 g/mol. The van der Waals surface area contributed by atoms with Gasteiger partial charge in [-0.15, -0.1) is 0 Å². The quantitative estimate of drug-likeness (QED) is 0.686. The van der Waals surface area contributed by atoms with Crippen molar-refractivity contribution in [2.45, 2.75) is 19.4 Å². The number of piperazine rings is 1. The molecule has 0 unspecified atom stereocenters. The minimum absolute atomic E-state index is 0.121. The van der Waals surface area contributed by atoms with Gasteiger partial charge in [0.25, 0.3) is 0 Å². The summed E-state index contributed by atoms with van der Waals surface area (Å²) in [7, 11) is 0. The highest BCUT2D eigenvalue weighted by atomic mass is 79.9. The summed E-state index contributed by atoms with van der Waals surface area (Å²) in [6.07, 6.45) is 1.84. The maximum absolute atomic E-state index is 14.0. The second-order valence-electron chi connectivity index (χ2n) is 7.94. The molecule has 0 radical (unpaired) electrons. The van der Waals surface area contributed by atoms with Crippen molar-refractivity contribution >= 4 is 27.5 Å². The summed E-state index contributed by atoms with van der Waals surface area (Å²) in [5.41, 5.74) is 1.95. The summed E-state index contributed by atoms with van der Waals surface area (Å²) in [5.74, 6) is 0.211. The van der Waals surface area contributed by atoms with E-state index in [0.29, 0.717) is 31.9 Å². The molecule has 0 aromatic heterocycles. The topological polar surface area (TPSA) is 26.8 Å². The molecule has 154 valence electrons. The van der Waals surface area contributed by atoms with Crippen LogP contribution in [0, 0.1) is 11.7 Å². The number of anilines is 1. The normalized spacial score (nSPS) is 18.8. The fourth-order valence-electron chi connectivity index (χ4n) is 4.32. The maximum Gasteiger partial charge on any atom is 0.225 e. The Kier molecular flexibility index (Phi) is 6.50. The Morgan fingerprint density at radius 2 is 1.59 bits per heavy atom. The first-order valence-electron chi connectivity index (χ1n) is 10.4. The van der Waals surface area contributed by atoms with Gasteiger partial charge in [0.1, 0.15) is 5.82 Å². The van der Waals surface area contributed by atoms with Gasteiger partial charge in [-0.3, -0.25) is 9.69 Å². The van der Waals surface area contributed by atoms with Crippen molar-refractivity contribution in [3.05, 3.63) is 64.4 Å². The molecule has 6 heteroatoms. The van der Waals surface area contributed by atoms with E-state index in [9.17, 15) is 9.18 Å². The van der Waals surface area contributed by atoms with Crippen molar-refractivity contribution in [3.8, 4) is 0 Å². The second kappa shape index (κ2) is 9.26. The molecule has 29 heavy (non-hydrogen) atoms. The number of para-hydroxylation sites is 1. The lowest BCUT2D eigenvalue weighted by atomic mass is 9.94. The molecule has 2 aromatic carbocycles. The van der Waals surface area contributed by atoms with E-state index >= 15 is 0 Å². The first-order valence-corrected chi connectivity index (χ1v) is 11.1. The van der Waals surface area contributed by atoms with Gasteiger partial charge in [-0.1, -0.05) is 40.2 Å². The molecule has 0 saturated carbocycles. The van der Waals surface area contributed by atoms with Crippen molar-refractivity contribution in [2.24, 2.45) is 5.92 Å². The van der Waals surface area contributed by atoms with Gasteiger partial charge < -0.3 is 9.80 Å². The van der Waals surface area contributed by atoms with Crippen molar-refractivity contribution in [1.82, 2.24) is 9.80 Å². The monoisotopic (exact) mass is 459 g/mol. The number of rotatable bonds is 4. The van der Waals surface area contributed by atoms with E-state index in [2.05, 4.69) is 45.1 Å². The van der Waals surface area contributed by atoms with Crippen LogP contribution in [0.5, 0.6) is 0 Å². The number of hydrogen-bond donors (Lipinski definition) is 0. The number of amides is 1. The minimum Gasteiger partial charge on any atom is -0.366 e. The summed E-state index contributed by atoms with van der Waals surface area (Å²) in [5, 5.41) is 0. The molecule has 2 fully saturated rings. The minimum atomic E-state index is -0.189. The zero-order chi connectivity index (χ0) is 20.2. The van der Waals surface area contributed by atoms with Gasteiger partial charge in [0.2, 0.25) is 5.91 Å². The summed E-state index contributed by atoms with van der Waals surface area (Å²) in [4.78, 5) is 19.4. The molecular formula is C23H27BrFN3O. The highest BCUT2D eigenvalue weighted by Gasteiger charge is 2.30. The molecule has 0 spiro atoms. The maximum atomic E-state index is 14.0. The third-order valence-electron chi connectivity index (χ3n) is 6.04. The zero-order valence-corrected chi connectivity index (χ0v) is 18.2. The summed E-state index contributed by atoms with van der Waals surface area (Å²) in [6.45, 7) is 5.58. The lowest BCUT2D eigenvalue weighted by Crippen LogP contribution is -2.51. The van der Waals surface area contributed by atoms with Gasteiger partial charge in [-0.25, -0.2) is 4.39 Å². The smallest absolute Gasteiger partial charge is 0.225 e. The molecule has 4 rings (SSSR count). The molecule has 2 aliphatic heterocycles. The van der Waals surface area contributed by atoms with Gasteiger partial charge in [0, 0.05) is 43.1 Å². The Balaban J connectivity index is 1.25. The third-order valence-corrected chi connectivity index (χ3v) is 6.57. The van der Waals surface area contributed by atoms with E-state index in [4.69, 9.17) is 0 Å². The Labute approximate surface area is 180 Å². The van der Waals surface area contributed by atoms with Crippen LogP contribution in [0.4, 0.5) is 10.1 Å². The number of benzene rings is 2. The lowest BCUT2D eigenvalue weighted by molar-refractivity contribution is -0.137. The van der Waals surface area contributed by atoms with E-state index in [-0.39, 0.29) is 17.6 Å². The summed E-state index contributed by atoms with van der Waals surface area (Å²) in [6, 6.07) is 15.3. The first-order chi connectivity index (χ1) is 14.1. The van der Waals surface area contributed by atoms with E-state index in [0.717, 1.165) is 36.9 Å². The second-order valence-corrected chi connectivity index (χ2v) is 8.86. The number of nitrogens with zero attached hydrogens (tertiary/aromatic N) is 3. The molecule has 0 bridgehead atoms. The van der Waals surface area contributed by atoms with Crippen LogP contribution in [-0.2, 0) is 11.3 Å². The Bertz CT molecular complexity index is 828. The summed E-state index contributed by atoms with van der Waals surface area (Å²) >= 11 is 3.48. The highest BCUT2D eigenvalue weighted by Crippen LogP contribution is 2.24. The van der Waals surface area contributed by atoms with Gasteiger partial charge in [0.15, 0.2) is 0 Å². The molecule has 2 aromatic rings. The number of likely N-dealkylation sites (tertiary alicyclic amines) is 1. The van der Waals surface area contributed by atoms with Gasteiger partial charge in [-0.05, 0) is 55.8 Å². The fraction of sp³-hybridized carbons (Fsp3) is 0.435. The summed E-state index contributed by atoms with van der Waals surface area (Å²) < 4.78 is 15.1. The van der Waals surface area contributed by atoms with Crippen molar-refractivity contribution in [2.75, 3.05) is 44.2 Å². The standard InChI is InChI=1S/C23H27BrFN3O/c24-20-7-5-18(6-8-20)17-26-11-9-19(10-12-26)23(29)28-15-13-27(14-16-28)22-4-2-1-3-21(22)25/h1-8,19H,9-17H2. The van der Waals surface area contributed by atoms with E-state index < -0.39 is 0 Å². The van der Waals surface area contributed by atoms with Crippen LogP contribution >= 0.6 is 15.9 Å². The largest absolute Gasteiger partial charge is 0.366 e. The Morgan fingerprint density at radius 3 is 2.24 bits per heavy atom. The van der Waals surface area contributed by atoms with E-state index in [1.807, 2.05) is 21.9 Å². The van der Waals surface area contributed by atoms with E-state index in [1.54, 1.807) is 6.07 Å². The first kappa shape index (κ1) is 20.4. The zero-order valence-electron chi connectivity index (χ0n) is 16.6. The van der Waals surface area contributed by atoms with Gasteiger partial charge in [-0.2, -0.15) is 0 Å². The predicted molar refractivity (Wildman–Crippen MR) is 117 cm³/mol. The van der Waals surface area contributed by atoms with Crippen molar-refractivity contribution in [3.63, 3.8) is 0 Å². The predicted octanol–water partition coefficient (Wildman–Crippen LogP) is 4.15. The number of carbonyl (C=O) groups excluding carboxylic acids is 1. The molecule has 2 aliphatic rings. The molecule has 2 saturated heterocycles. The molecule has 0 N–H and O–H groups in total. The number of piperidine rings is 1. The molecule has 0 atom stereocenters. The Morgan fingerprint density at radius 1 is 0.931 bits per heavy atom. The van der Waals surface area contributed by atoms with E-state index in [1.165, 1.54) is 11.6 Å². The molecule has 1 amide bonds. The molecule has 4 nitrogen and oxygen atoms in total. The van der Waals surface area contributed by atoms with Crippen molar-refractivity contribution < 1.29 is 9.18 Å². The van der Waals surface area contributed by atoms with Crippen LogP contribution in [0.3, 0.4) is 0 Å². The number of halogens is 2. The third kappa shape index (κ3) is 4.98. The van der Waals surface area contributed by atoms with Crippen molar-refractivity contribution in [1.29, 1.82) is 0 Å². The van der Waals surface area contributed by atoms with Crippen LogP contribution in [0.2, 0.25) is 0 Å². The highest BCUT2D eigenvalue weighted by molar-refractivity contribution is 9.10. The number of hydrogen-bond acceptors (Lipinski definition) is 3. The Hall–Kier alpha value is -1.92. The lowest BCUT2D eigenvalue weighted by Gasteiger charge is -2.39. The van der Waals surface area contributed by atoms with Crippen LogP contribution in [-0.4, -0.2) is 55.0 Å². The van der Waals surface area contributed by atoms with Gasteiger partial charge in [0.05, 0.1) is 5.69 Å². The molecule has 2 heterocycles. The average molecular weight is 460 g/mol. The van der Waals surface area contributed by atoms with Crippen LogP contribution < -0.4 is 4.90 Å². The van der Waals surface area contributed by atoms with Crippen LogP contribution in [0.15, 0.2) is 53.0 Å².